The van der Waals surface area contributed by atoms with Crippen molar-refractivity contribution >= 4 is 29.1 Å². The van der Waals surface area contributed by atoms with Gasteiger partial charge in [-0.1, -0.05) is 68.2 Å². The molecule has 4 atom stereocenters. The minimum atomic E-state index is -1.29. The predicted octanol–water partition coefficient (Wildman–Crippen LogP) is 4.58. The number of rotatable bonds is 9. The standard InChI is InChI=1S/C27H32Cl2FN3O3/c1-26(2,3)15-21-27(16-31,17-7-9-18(28)10-8-17)22(19-5-4-6-20(29)23(19)30)24(33-21)25(35)32-11-13-36-14-12-34/h4-10,21-22,24,33-34H,11-15H2,1-3H3,(H,32,35)/t21-,22-,24+,27-/m0/s1. The van der Waals surface area contributed by atoms with Crippen molar-refractivity contribution in [3.8, 4) is 6.07 Å². The summed E-state index contributed by atoms with van der Waals surface area (Å²) in [5.74, 6) is -1.91. The normalized spacial score (nSPS) is 23.9. The van der Waals surface area contributed by atoms with Gasteiger partial charge in [0.15, 0.2) is 0 Å². The molecule has 0 unspecified atom stereocenters. The van der Waals surface area contributed by atoms with Gasteiger partial charge in [-0.3, -0.25) is 4.79 Å². The van der Waals surface area contributed by atoms with E-state index in [1.165, 1.54) is 6.07 Å². The van der Waals surface area contributed by atoms with E-state index in [4.69, 9.17) is 33.0 Å². The maximum absolute atomic E-state index is 15.5. The molecule has 3 N–H and O–H groups in total. The van der Waals surface area contributed by atoms with E-state index in [-0.39, 0.29) is 48.3 Å². The number of carbonyl (C=O) groups excluding carboxylic acids is 1. The van der Waals surface area contributed by atoms with Gasteiger partial charge in [0.1, 0.15) is 11.2 Å². The van der Waals surface area contributed by atoms with Crippen LogP contribution in [0.25, 0.3) is 0 Å². The summed E-state index contributed by atoms with van der Waals surface area (Å²) in [7, 11) is 0. The zero-order chi connectivity index (χ0) is 26.5. The molecule has 0 aliphatic carbocycles. The van der Waals surface area contributed by atoms with Crippen molar-refractivity contribution < 1.29 is 19.0 Å². The van der Waals surface area contributed by atoms with Gasteiger partial charge < -0.3 is 20.5 Å². The summed E-state index contributed by atoms with van der Waals surface area (Å²) in [5, 5.41) is 26.3. The smallest absolute Gasteiger partial charge is 0.237 e. The minimum absolute atomic E-state index is 0.0775. The topological polar surface area (TPSA) is 94.4 Å². The quantitative estimate of drug-likeness (QED) is 0.408. The molecule has 9 heteroatoms. The molecule has 36 heavy (non-hydrogen) atoms. The van der Waals surface area contributed by atoms with Crippen LogP contribution >= 0.6 is 23.2 Å². The van der Waals surface area contributed by atoms with Crippen molar-refractivity contribution in [2.24, 2.45) is 5.41 Å². The van der Waals surface area contributed by atoms with Gasteiger partial charge in [0.25, 0.3) is 0 Å². The van der Waals surface area contributed by atoms with Crippen molar-refractivity contribution in [1.29, 1.82) is 5.26 Å². The number of benzene rings is 2. The number of aliphatic hydroxyl groups is 1. The Balaban J connectivity index is 2.15. The van der Waals surface area contributed by atoms with Gasteiger partial charge in [0, 0.05) is 23.5 Å². The molecule has 1 heterocycles. The highest BCUT2D eigenvalue weighted by molar-refractivity contribution is 6.31. The van der Waals surface area contributed by atoms with Crippen LogP contribution in [0.4, 0.5) is 4.39 Å². The first kappa shape index (κ1) is 28.4. The number of nitrogens with zero attached hydrogens (tertiary/aromatic N) is 1. The zero-order valence-electron chi connectivity index (χ0n) is 20.7. The van der Waals surface area contributed by atoms with E-state index in [9.17, 15) is 10.1 Å². The fourth-order valence-corrected chi connectivity index (χ4v) is 5.32. The SMILES string of the molecule is CC(C)(C)C[C@@H]1N[C@@H](C(=O)NCCOCCO)[C@H](c2cccc(Cl)c2F)[C@@]1(C#N)c1ccc(Cl)cc1. The Morgan fingerprint density at radius 3 is 2.53 bits per heavy atom. The van der Waals surface area contributed by atoms with Gasteiger partial charge in [-0.15, -0.1) is 0 Å². The molecule has 1 saturated heterocycles. The summed E-state index contributed by atoms with van der Waals surface area (Å²) in [6.45, 7) is 6.62. The molecule has 0 spiro atoms. The lowest BCUT2D eigenvalue weighted by atomic mass is 9.63. The van der Waals surface area contributed by atoms with Crippen LogP contribution in [0.5, 0.6) is 0 Å². The van der Waals surface area contributed by atoms with Crippen molar-refractivity contribution in [2.75, 3.05) is 26.4 Å². The fraction of sp³-hybridized carbons (Fsp3) is 0.481. The number of ether oxygens (including phenoxy) is 1. The molecule has 1 aliphatic rings. The third kappa shape index (κ3) is 6.01. The fourth-order valence-electron chi connectivity index (χ4n) is 5.01. The zero-order valence-corrected chi connectivity index (χ0v) is 22.2. The number of hydrogen-bond acceptors (Lipinski definition) is 5. The first-order valence-corrected chi connectivity index (χ1v) is 12.6. The molecular weight excluding hydrogens is 504 g/mol. The highest BCUT2D eigenvalue weighted by atomic mass is 35.5. The Morgan fingerprint density at radius 1 is 1.22 bits per heavy atom. The number of nitriles is 1. The van der Waals surface area contributed by atoms with Crippen molar-refractivity contribution in [2.45, 2.75) is 50.6 Å². The largest absolute Gasteiger partial charge is 0.394 e. The monoisotopic (exact) mass is 535 g/mol. The molecule has 0 bridgehead atoms. The molecule has 1 amide bonds. The van der Waals surface area contributed by atoms with Crippen LogP contribution in [0.15, 0.2) is 42.5 Å². The van der Waals surface area contributed by atoms with Crippen LogP contribution < -0.4 is 10.6 Å². The second-order valence-corrected chi connectivity index (χ2v) is 11.0. The molecule has 0 saturated carbocycles. The number of nitrogens with one attached hydrogen (secondary N) is 2. The molecule has 3 rings (SSSR count). The third-order valence-corrected chi connectivity index (χ3v) is 7.00. The Hall–Kier alpha value is -2.21. The summed E-state index contributed by atoms with van der Waals surface area (Å²) < 4.78 is 20.8. The van der Waals surface area contributed by atoms with E-state index in [1.54, 1.807) is 36.4 Å². The summed E-state index contributed by atoms with van der Waals surface area (Å²) in [6, 6.07) is 12.7. The number of aliphatic hydroxyl groups excluding tert-OH is 1. The van der Waals surface area contributed by atoms with Gasteiger partial charge in [0.2, 0.25) is 5.91 Å². The highest BCUT2D eigenvalue weighted by Crippen LogP contribution is 2.52. The lowest BCUT2D eigenvalue weighted by Gasteiger charge is -2.37. The minimum Gasteiger partial charge on any atom is -0.394 e. The number of hydrogen-bond donors (Lipinski definition) is 3. The van der Waals surface area contributed by atoms with Crippen LogP contribution in [0.1, 0.15) is 44.2 Å². The summed E-state index contributed by atoms with van der Waals surface area (Å²) in [5.41, 5.74) is -0.659. The Bertz CT molecular complexity index is 1100. The second-order valence-electron chi connectivity index (χ2n) is 10.2. The van der Waals surface area contributed by atoms with Gasteiger partial charge in [-0.05, 0) is 41.2 Å². The van der Waals surface area contributed by atoms with Gasteiger partial charge in [0.05, 0.1) is 37.0 Å². The van der Waals surface area contributed by atoms with E-state index in [2.05, 4.69) is 37.5 Å². The average Bonchev–Trinajstić information content (AvgIpc) is 3.14. The Kier molecular flexibility index (Phi) is 9.37. The Labute approximate surface area is 221 Å². The molecule has 1 fully saturated rings. The maximum Gasteiger partial charge on any atom is 0.237 e. The first-order chi connectivity index (χ1) is 17.0. The summed E-state index contributed by atoms with van der Waals surface area (Å²) >= 11 is 12.3. The van der Waals surface area contributed by atoms with Gasteiger partial charge >= 0.3 is 0 Å². The predicted molar refractivity (Wildman–Crippen MR) is 139 cm³/mol. The molecular formula is C27H32Cl2FN3O3. The molecule has 194 valence electrons. The van der Waals surface area contributed by atoms with Crippen molar-refractivity contribution in [3.05, 3.63) is 69.5 Å². The molecule has 6 nitrogen and oxygen atoms in total. The van der Waals surface area contributed by atoms with Crippen molar-refractivity contribution in [1.82, 2.24) is 10.6 Å². The second kappa shape index (κ2) is 11.9. The maximum atomic E-state index is 15.5. The number of halogens is 3. The van der Waals surface area contributed by atoms with Gasteiger partial charge in [-0.25, -0.2) is 4.39 Å². The van der Waals surface area contributed by atoms with Crippen LogP contribution in [0.3, 0.4) is 0 Å². The van der Waals surface area contributed by atoms with E-state index in [0.29, 0.717) is 17.0 Å². The van der Waals surface area contributed by atoms with E-state index >= 15 is 4.39 Å². The summed E-state index contributed by atoms with van der Waals surface area (Å²) in [6.07, 6.45) is 0.547. The van der Waals surface area contributed by atoms with E-state index in [0.717, 1.165) is 0 Å². The number of carbonyl (C=O) groups is 1. The van der Waals surface area contributed by atoms with E-state index < -0.39 is 29.2 Å². The molecule has 0 aromatic heterocycles. The first-order valence-electron chi connectivity index (χ1n) is 11.9. The lowest BCUT2D eigenvalue weighted by molar-refractivity contribution is -0.123. The van der Waals surface area contributed by atoms with Gasteiger partial charge in [-0.2, -0.15) is 5.26 Å². The molecule has 2 aromatic rings. The average molecular weight is 536 g/mol. The van der Waals surface area contributed by atoms with Crippen LogP contribution in [-0.4, -0.2) is 49.5 Å². The van der Waals surface area contributed by atoms with Crippen LogP contribution in [0, 0.1) is 22.6 Å². The van der Waals surface area contributed by atoms with Crippen LogP contribution in [-0.2, 0) is 14.9 Å². The lowest BCUT2D eigenvalue weighted by Crippen LogP contribution is -2.46. The molecule has 0 radical (unpaired) electrons. The number of amides is 1. The summed E-state index contributed by atoms with van der Waals surface area (Å²) in [4.78, 5) is 13.5. The van der Waals surface area contributed by atoms with E-state index in [1.807, 2.05) is 0 Å². The van der Waals surface area contributed by atoms with Crippen molar-refractivity contribution in [3.63, 3.8) is 0 Å². The Morgan fingerprint density at radius 2 is 1.92 bits per heavy atom. The third-order valence-electron chi connectivity index (χ3n) is 6.46. The highest BCUT2D eigenvalue weighted by Gasteiger charge is 2.60. The molecule has 1 aliphatic heterocycles. The molecule has 2 aromatic carbocycles. The van der Waals surface area contributed by atoms with Crippen LogP contribution in [0.2, 0.25) is 10.0 Å².